The van der Waals surface area contributed by atoms with E-state index in [1.807, 2.05) is 6.92 Å². The third-order valence-electron chi connectivity index (χ3n) is 7.05. The normalized spacial score (nSPS) is 12.4. The Morgan fingerprint density at radius 1 is 0.923 bits per heavy atom. The van der Waals surface area contributed by atoms with Crippen LogP contribution < -0.4 is 20.1 Å². The first kappa shape index (κ1) is 40.6. The largest absolute Gasteiger partial charge is 0.493 e. The van der Waals surface area contributed by atoms with Crippen molar-refractivity contribution in [3.8, 4) is 11.5 Å². The first-order valence-electron chi connectivity index (χ1n) is 16.9. The fraction of sp³-hybridized carbons (Fsp3) is 0.486. The predicted octanol–water partition coefficient (Wildman–Crippen LogP) is 7.41. The number of hydrogen-bond acceptors (Lipinski definition) is 12. The van der Waals surface area contributed by atoms with Crippen molar-refractivity contribution in [2.45, 2.75) is 72.5 Å². The molecule has 1 amide bonds. The highest BCUT2D eigenvalue weighted by Crippen LogP contribution is 2.55. The van der Waals surface area contributed by atoms with E-state index in [2.05, 4.69) is 35.7 Å². The molecule has 0 unspecified atom stereocenters. The highest BCUT2D eigenvalue weighted by Gasteiger charge is 2.37. The number of phosphoric ester groups is 1. The molecule has 3 N–H and O–H groups in total. The zero-order valence-electron chi connectivity index (χ0n) is 30.8. The number of methoxy groups -OCH3 is 1. The molecule has 14 nitrogen and oxygen atoms in total. The van der Waals surface area contributed by atoms with Gasteiger partial charge in [-0.3, -0.25) is 23.5 Å². The van der Waals surface area contributed by atoms with Crippen molar-refractivity contribution in [2.75, 3.05) is 50.6 Å². The van der Waals surface area contributed by atoms with E-state index in [1.54, 1.807) is 66.9 Å². The number of amides is 1. The number of nitrogens with one attached hydrogen (secondary N) is 3. The quantitative estimate of drug-likeness (QED) is 0.0684. The number of aromatic amines is 1. The first-order valence-corrected chi connectivity index (χ1v) is 18.3. The molecule has 52 heavy (non-hydrogen) atoms. The van der Waals surface area contributed by atoms with Crippen LogP contribution in [-0.2, 0) is 29.4 Å². The topological polar surface area (TPSA) is 162 Å². The zero-order valence-corrected chi connectivity index (χ0v) is 31.7. The summed E-state index contributed by atoms with van der Waals surface area (Å²) in [6.45, 7) is 15.4. The molecule has 0 saturated carbocycles. The van der Waals surface area contributed by atoms with Gasteiger partial charge in [0.2, 0.25) is 5.91 Å². The fourth-order valence-electron chi connectivity index (χ4n) is 5.00. The lowest BCUT2D eigenvalue weighted by Gasteiger charge is -2.31. The second kappa shape index (κ2) is 17.5. The Bertz CT molecular complexity index is 1820. The van der Waals surface area contributed by atoms with Crippen LogP contribution in [0.25, 0.3) is 10.9 Å². The van der Waals surface area contributed by atoms with Gasteiger partial charge in [0.05, 0.1) is 43.5 Å². The number of benzene rings is 2. The van der Waals surface area contributed by atoms with E-state index in [0.717, 1.165) is 24.7 Å². The van der Waals surface area contributed by atoms with Crippen molar-refractivity contribution in [1.82, 2.24) is 25.1 Å². The molecule has 0 bridgehead atoms. The van der Waals surface area contributed by atoms with Crippen LogP contribution in [0.4, 0.5) is 26.1 Å². The van der Waals surface area contributed by atoms with Crippen LogP contribution in [0.1, 0.15) is 60.6 Å². The van der Waals surface area contributed by atoms with Crippen LogP contribution in [-0.4, -0.2) is 82.1 Å². The number of fused-ring (bicyclic) bond motifs is 1. The number of aromatic nitrogens is 4. The molecular weight excluding hydrogens is 699 g/mol. The maximum absolute atomic E-state index is 13.5. The van der Waals surface area contributed by atoms with Crippen LogP contribution in [0.3, 0.4) is 0 Å². The molecule has 0 spiro atoms. The smallest absolute Gasteiger partial charge is 0.475 e. The Kier molecular flexibility index (Phi) is 13.7. The van der Waals surface area contributed by atoms with Gasteiger partial charge in [-0.05, 0) is 72.7 Å². The van der Waals surface area contributed by atoms with Gasteiger partial charge in [0, 0.05) is 48.1 Å². The van der Waals surface area contributed by atoms with Gasteiger partial charge in [-0.25, -0.2) is 23.3 Å². The van der Waals surface area contributed by atoms with E-state index in [-0.39, 0.29) is 18.7 Å². The van der Waals surface area contributed by atoms with Crippen molar-refractivity contribution < 1.29 is 41.2 Å². The summed E-state index contributed by atoms with van der Waals surface area (Å²) in [5.74, 6) is -0.253. The summed E-state index contributed by atoms with van der Waals surface area (Å²) in [5, 5.41) is 13.2. The molecule has 17 heteroatoms. The summed E-state index contributed by atoms with van der Waals surface area (Å²) in [4.78, 5) is 23.4. The monoisotopic (exact) mass is 747 g/mol. The van der Waals surface area contributed by atoms with E-state index in [4.69, 9.17) is 23.0 Å². The second-order valence-electron chi connectivity index (χ2n) is 13.9. The van der Waals surface area contributed by atoms with Crippen molar-refractivity contribution in [3.05, 3.63) is 60.1 Å². The summed E-state index contributed by atoms with van der Waals surface area (Å²) in [6, 6.07) is 7.94. The maximum Gasteiger partial charge on any atom is 0.475 e. The Balaban J connectivity index is 1.32. The molecule has 0 saturated heterocycles. The summed E-state index contributed by atoms with van der Waals surface area (Å²) in [6.07, 6.45) is 1.98. The lowest BCUT2D eigenvalue weighted by atomic mass is 10.2. The number of likely N-dealkylation sites (N-methyl/N-ethyl adjacent to an activating group) is 1. The number of carbonyl (C=O) groups excluding carboxylic acids is 1. The minimum absolute atomic E-state index is 0.0116. The lowest BCUT2D eigenvalue weighted by molar-refractivity contribution is -0.115. The van der Waals surface area contributed by atoms with E-state index >= 15 is 0 Å². The van der Waals surface area contributed by atoms with Crippen LogP contribution in [0.2, 0.25) is 0 Å². The summed E-state index contributed by atoms with van der Waals surface area (Å²) < 4.78 is 69.1. The molecule has 0 atom stereocenters. The molecule has 0 aliphatic rings. The number of rotatable bonds is 18. The Morgan fingerprint density at radius 2 is 1.62 bits per heavy atom. The van der Waals surface area contributed by atoms with Crippen LogP contribution in [0.15, 0.2) is 42.7 Å². The maximum atomic E-state index is 13.5. The number of halogens is 2. The van der Waals surface area contributed by atoms with Gasteiger partial charge in [-0.2, -0.15) is 5.10 Å². The second-order valence-corrected chi connectivity index (χ2v) is 15.4. The molecule has 0 radical (unpaired) electrons. The number of hydrogen-bond donors (Lipinski definition) is 3. The van der Waals surface area contributed by atoms with Gasteiger partial charge in [0.15, 0.2) is 17.3 Å². The average molecular weight is 748 g/mol. The summed E-state index contributed by atoms with van der Waals surface area (Å²) >= 11 is 0. The number of carbonyl (C=O) groups is 1. The van der Waals surface area contributed by atoms with E-state index < -0.39 is 36.6 Å². The van der Waals surface area contributed by atoms with Crippen LogP contribution in [0.5, 0.6) is 11.5 Å². The first-order chi connectivity index (χ1) is 24.4. The highest BCUT2D eigenvalue weighted by molar-refractivity contribution is 7.48. The lowest BCUT2D eigenvalue weighted by Crippen LogP contribution is -2.30. The molecule has 0 fully saturated rings. The van der Waals surface area contributed by atoms with Gasteiger partial charge in [-0.15, -0.1) is 0 Å². The van der Waals surface area contributed by atoms with E-state index in [9.17, 15) is 18.1 Å². The summed E-state index contributed by atoms with van der Waals surface area (Å²) in [5.41, 5.74) is -0.350. The Hall–Kier alpha value is -4.21. The van der Waals surface area contributed by atoms with Crippen LogP contribution in [0, 0.1) is 11.6 Å². The number of anilines is 3. The molecule has 284 valence electrons. The third-order valence-corrected chi connectivity index (χ3v) is 9.09. The SMILES string of the molecule is CCN(CCCOc1cc2ncnc(Nc3cc(CC(=O)Nc4cc(F)cc(F)c4)[nH]n3)c2cc1OC)CCOP(=O)(OC(C)(C)C)OC(C)(C)C. The fourth-order valence-corrected chi connectivity index (χ4v) is 6.79. The van der Waals surface area contributed by atoms with Crippen molar-refractivity contribution in [1.29, 1.82) is 0 Å². The average Bonchev–Trinajstić information content (AvgIpc) is 3.45. The van der Waals surface area contributed by atoms with Crippen molar-refractivity contribution in [2.24, 2.45) is 0 Å². The molecule has 0 aliphatic heterocycles. The molecule has 2 aromatic carbocycles. The number of nitrogens with zero attached hydrogens (tertiary/aromatic N) is 4. The number of ether oxygens (including phenoxy) is 2. The minimum Gasteiger partial charge on any atom is -0.493 e. The Labute approximate surface area is 302 Å². The summed E-state index contributed by atoms with van der Waals surface area (Å²) in [7, 11) is -2.25. The minimum atomic E-state index is -3.79. The molecular formula is C35H48F2N7O7P. The van der Waals surface area contributed by atoms with Crippen molar-refractivity contribution >= 4 is 42.0 Å². The molecule has 2 heterocycles. The number of phosphoric acid groups is 1. The van der Waals surface area contributed by atoms with Crippen LogP contribution >= 0.6 is 7.82 Å². The van der Waals surface area contributed by atoms with Gasteiger partial charge >= 0.3 is 7.82 Å². The van der Waals surface area contributed by atoms with Gasteiger partial charge in [0.1, 0.15) is 23.8 Å². The predicted molar refractivity (Wildman–Crippen MR) is 194 cm³/mol. The van der Waals surface area contributed by atoms with Crippen molar-refractivity contribution in [3.63, 3.8) is 0 Å². The number of H-pyrrole nitrogens is 1. The Morgan fingerprint density at radius 3 is 2.25 bits per heavy atom. The van der Waals surface area contributed by atoms with E-state index in [0.29, 0.717) is 65.8 Å². The zero-order chi connectivity index (χ0) is 38.1. The van der Waals surface area contributed by atoms with Gasteiger partial charge in [0.25, 0.3) is 0 Å². The third kappa shape index (κ3) is 12.8. The standard InChI is InChI=1S/C35H48F2N7O7P/c1-9-44(12-14-49-52(46,50-34(2,3)4)51-35(5,6)7)11-10-13-48-30-21-28-27(20-29(30)47-8)33(39-22-38-28)41-31-18-26(42-43-31)19-32(45)40-25-16-23(36)15-24(37)17-25/h15-18,20-22H,9-14,19H2,1-8H3,(H,40,45)(H2,38,39,41,42,43). The van der Waals surface area contributed by atoms with Gasteiger partial charge in [-0.1, -0.05) is 6.92 Å². The molecule has 0 aliphatic carbocycles. The molecule has 4 rings (SSSR count). The van der Waals surface area contributed by atoms with E-state index in [1.165, 1.54) is 6.33 Å². The molecule has 4 aromatic rings. The highest BCUT2D eigenvalue weighted by atomic mass is 31.2. The van der Waals surface area contributed by atoms with Gasteiger partial charge < -0.3 is 25.0 Å². The molecule has 2 aromatic heterocycles.